The summed E-state index contributed by atoms with van der Waals surface area (Å²) in [7, 11) is 4.80. The summed E-state index contributed by atoms with van der Waals surface area (Å²) >= 11 is 0. The first-order valence-electron chi connectivity index (χ1n) is 9.03. The first-order chi connectivity index (χ1) is 13.0. The lowest BCUT2D eigenvalue weighted by atomic mass is 9.99. The molecule has 0 fully saturated rings. The summed E-state index contributed by atoms with van der Waals surface area (Å²) in [6.45, 7) is 4.11. The lowest BCUT2D eigenvalue weighted by Gasteiger charge is -2.42. The number of hydrogen-bond donors (Lipinski definition) is 1. The van der Waals surface area contributed by atoms with Crippen molar-refractivity contribution < 1.29 is 19.0 Å². The Morgan fingerprint density at radius 1 is 1.07 bits per heavy atom. The topological polar surface area (TPSA) is 60.0 Å². The first-order valence-corrected chi connectivity index (χ1v) is 9.03. The highest BCUT2D eigenvalue weighted by molar-refractivity contribution is 6.02. The van der Waals surface area contributed by atoms with Gasteiger partial charge in [-0.25, -0.2) is 0 Å². The minimum atomic E-state index is -0.418. The van der Waals surface area contributed by atoms with E-state index in [0.29, 0.717) is 22.8 Å². The van der Waals surface area contributed by atoms with Crippen LogP contribution in [0.5, 0.6) is 17.2 Å². The third-order valence-corrected chi connectivity index (χ3v) is 5.05. The SMILES string of the molecule is CC[C@@H](C)N1C(=O)c2ccccc2N[C@@H]1c1c(OC)cc(OC)cc1OC. The molecule has 6 heteroatoms. The zero-order chi connectivity index (χ0) is 19.6. The van der Waals surface area contributed by atoms with E-state index >= 15 is 0 Å². The highest BCUT2D eigenvalue weighted by Gasteiger charge is 2.38. The van der Waals surface area contributed by atoms with Crippen LogP contribution in [0.15, 0.2) is 36.4 Å². The molecule has 1 heterocycles. The van der Waals surface area contributed by atoms with E-state index in [-0.39, 0.29) is 11.9 Å². The maximum atomic E-state index is 13.3. The Balaban J connectivity index is 2.20. The molecule has 0 unspecified atom stereocenters. The number of benzene rings is 2. The second-order valence-corrected chi connectivity index (χ2v) is 6.51. The predicted molar refractivity (Wildman–Crippen MR) is 105 cm³/mol. The number of fused-ring (bicyclic) bond motifs is 1. The van der Waals surface area contributed by atoms with Crippen molar-refractivity contribution in [3.05, 3.63) is 47.5 Å². The standard InChI is InChI=1S/C21H26N2O4/c1-6-13(2)23-20(22-16-10-8-7-9-15(16)21(23)24)19-17(26-4)11-14(25-3)12-18(19)27-5/h7-13,20,22H,6H2,1-5H3/t13-,20+/m1/s1. The van der Waals surface area contributed by atoms with Gasteiger partial charge < -0.3 is 24.4 Å². The van der Waals surface area contributed by atoms with Crippen molar-refractivity contribution in [2.24, 2.45) is 0 Å². The molecule has 0 spiro atoms. The first kappa shape index (κ1) is 18.9. The second-order valence-electron chi connectivity index (χ2n) is 6.51. The van der Waals surface area contributed by atoms with Crippen LogP contribution in [0.1, 0.15) is 42.4 Å². The lowest BCUT2D eigenvalue weighted by molar-refractivity contribution is 0.0588. The van der Waals surface area contributed by atoms with E-state index in [2.05, 4.69) is 12.2 Å². The molecule has 0 saturated carbocycles. The minimum absolute atomic E-state index is 0.0105. The monoisotopic (exact) mass is 370 g/mol. The van der Waals surface area contributed by atoms with E-state index in [1.54, 1.807) is 33.5 Å². The smallest absolute Gasteiger partial charge is 0.258 e. The molecular formula is C21H26N2O4. The van der Waals surface area contributed by atoms with Crippen LogP contribution < -0.4 is 19.5 Å². The largest absolute Gasteiger partial charge is 0.496 e. The number of amides is 1. The number of methoxy groups -OCH3 is 3. The number of nitrogens with zero attached hydrogens (tertiary/aromatic N) is 1. The van der Waals surface area contributed by atoms with E-state index in [4.69, 9.17) is 14.2 Å². The minimum Gasteiger partial charge on any atom is -0.496 e. The van der Waals surface area contributed by atoms with Gasteiger partial charge in [0, 0.05) is 23.9 Å². The molecule has 0 bridgehead atoms. The van der Waals surface area contributed by atoms with Crippen molar-refractivity contribution >= 4 is 11.6 Å². The van der Waals surface area contributed by atoms with Crippen molar-refractivity contribution in [1.29, 1.82) is 0 Å². The van der Waals surface area contributed by atoms with Gasteiger partial charge in [0.25, 0.3) is 5.91 Å². The highest BCUT2D eigenvalue weighted by Crippen LogP contribution is 2.44. The van der Waals surface area contributed by atoms with Gasteiger partial charge >= 0.3 is 0 Å². The molecule has 1 N–H and O–H groups in total. The Labute approximate surface area is 160 Å². The van der Waals surface area contributed by atoms with Crippen LogP contribution in [0.25, 0.3) is 0 Å². The number of carbonyl (C=O) groups is 1. The van der Waals surface area contributed by atoms with Gasteiger partial charge in [-0.05, 0) is 25.5 Å². The molecule has 6 nitrogen and oxygen atoms in total. The average Bonchev–Trinajstić information content (AvgIpc) is 2.71. The number of carbonyl (C=O) groups excluding carboxylic acids is 1. The molecule has 0 aliphatic carbocycles. The molecule has 2 aromatic rings. The number of para-hydroxylation sites is 1. The van der Waals surface area contributed by atoms with Crippen LogP contribution in [-0.2, 0) is 0 Å². The quantitative estimate of drug-likeness (QED) is 0.830. The maximum Gasteiger partial charge on any atom is 0.258 e. The van der Waals surface area contributed by atoms with Crippen LogP contribution in [-0.4, -0.2) is 38.2 Å². The van der Waals surface area contributed by atoms with Crippen LogP contribution in [0, 0.1) is 0 Å². The number of anilines is 1. The molecule has 0 aromatic heterocycles. The molecular weight excluding hydrogens is 344 g/mol. The zero-order valence-corrected chi connectivity index (χ0v) is 16.4. The predicted octanol–water partition coefficient (Wildman–Crippen LogP) is 4.08. The Bertz CT molecular complexity index is 812. The van der Waals surface area contributed by atoms with E-state index in [0.717, 1.165) is 17.7 Å². The van der Waals surface area contributed by atoms with Crippen molar-refractivity contribution in [1.82, 2.24) is 4.90 Å². The zero-order valence-electron chi connectivity index (χ0n) is 16.4. The fourth-order valence-corrected chi connectivity index (χ4v) is 3.43. The van der Waals surface area contributed by atoms with E-state index in [9.17, 15) is 4.79 Å². The highest BCUT2D eigenvalue weighted by atomic mass is 16.5. The summed E-state index contributed by atoms with van der Waals surface area (Å²) in [4.78, 5) is 15.2. The third-order valence-electron chi connectivity index (χ3n) is 5.05. The van der Waals surface area contributed by atoms with Crippen LogP contribution in [0.2, 0.25) is 0 Å². The lowest BCUT2D eigenvalue weighted by Crippen LogP contribution is -2.47. The van der Waals surface area contributed by atoms with Gasteiger partial charge in [0.05, 0.1) is 32.5 Å². The van der Waals surface area contributed by atoms with Crippen molar-refractivity contribution in [3.63, 3.8) is 0 Å². The summed E-state index contributed by atoms with van der Waals surface area (Å²) in [6, 6.07) is 11.2. The average molecular weight is 370 g/mol. The Hall–Kier alpha value is -2.89. The van der Waals surface area contributed by atoms with E-state index < -0.39 is 6.17 Å². The Morgan fingerprint density at radius 2 is 1.70 bits per heavy atom. The van der Waals surface area contributed by atoms with Crippen molar-refractivity contribution in [2.75, 3.05) is 26.6 Å². The van der Waals surface area contributed by atoms with Crippen LogP contribution in [0.3, 0.4) is 0 Å². The summed E-state index contributed by atoms with van der Waals surface area (Å²) < 4.78 is 16.6. The molecule has 0 radical (unpaired) electrons. The Morgan fingerprint density at radius 3 is 2.26 bits per heavy atom. The van der Waals surface area contributed by atoms with Crippen LogP contribution >= 0.6 is 0 Å². The van der Waals surface area contributed by atoms with Gasteiger partial charge in [0.2, 0.25) is 0 Å². The van der Waals surface area contributed by atoms with Gasteiger partial charge in [0.1, 0.15) is 23.4 Å². The molecule has 1 aliphatic rings. The van der Waals surface area contributed by atoms with Crippen molar-refractivity contribution in [2.45, 2.75) is 32.5 Å². The summed E-state index contributed by atoms with van der Waals surface area (Å²) in [6.07, 6.45) is 0.408. The van der Waals surface area contributed by atoms with E-state index in [1.807, 2.05) is 36.1 Å². The molecule has 0 saturated heterocycles. The van der Waals surface area contributed by atoms with Gasteiger partial charge in [-0.15, -0.1) is 0 Å². The molecule has 3 rings (SSSR count). The Kier molecular flexibility index (Phi) is 5.44. The van der Waals surface area contributed by atoms with Gasteiger partial charge in [0.15, 0.2) is 0 Å². The van der Waals surface area contributed by atoms with E-state index in [1.165, 1.54) is 0 Å². The number of rotatable bonds is 6. The van der Waals surface area contributed by atoms with Crippen molar-refractivity contribution in [3.8, 4) is 17.2 Å². The third kappa shape index (κ3) is 3.27. The normalized spacial score (nSPS) is 17.0. The fraction of sp³-hybridized carbons (Fsp3) is 0.381. The number of hydrogen-bond acceptors (Lipinski definition) is 5. The van der Waals surface area contributed by atoms with Crippen LogP contribution in [0.4, 0.5) is 5.69 Å². The summed E-state index contributed by atoms with van der Waals surface area (Å²) in [5.41, 5.74) is 2.23. The molecule has 2 aromatic carbocycles. The molecule has 1 aliphatic heterocycles. The van der Waals surface area contributed by atoms with Gasteiger partial charge in [-0.2, -0.15) is 0 Å². The number of ether oxygens (including phenoxy) is 3. The fourth-order valence-electron chi connectivity index (χ4n) is 3.43. The number of nitrogens with one attached hydrogen (secondary N) is 1. The molecule has 27 heavy (non-hydrogen) atoms. The summed E-state index contributed by atoms with van der Waals surface area (Å²) in [5, 5.41) is 3.50. The van der Waals surface area contributed by atoms with Gasteiger partial charge in [-0.3, -0.25) is 4.79 Å². The molecule has 144 valence electrons. The molecule has 2 atom stereocenters. The van der Waals surface area contributed by atoms with Gasteiger partial charge in [-0.1, -0.05) is 19.1 Å². The summed E-state index contributed by atoms with van der Waals surface area (Å²) in [5.74, 6) is 1.82. The maximum absolute atomic E-state index is 13.3. The molecule has 1 amide bonds. The second kappa shape index (κ2) is 7.78.